The van der Waals surface area contributed by atoms with Gasteiger partial charge in [-0.05, 0) is 19.3 Å². The third-order valence-corrected chi connectivity index (χ3v) is 3.06. The fraction of sp³-hybridized carbons (Fsp3) is 0.750. The van der Waals surface area contributed by atoms with Gasteiger partial charge in [-0.2, -0.15) is 0 Å². The van der Waals surface area contributed by atoms with Crippen LogP contribution in [0.4, 0.5) is 4.79 Å². The number of nitrogens with zero attached hydrogens (tertiary/aromatic N) is 1. The molecule has 0 aromatic rings. The molecule has 0 aliphatic carbocycles. The Morgan fingerprint density at radius 1 is 1.53 bits per heavy atom. The predicted octanol–water partition coefficient (Wildman–Crippen LogP) is 0.0156. The molecule has 7 nitrogen and oxygen atoms in total. The molecule has 1 unspecified atom stereocenters. The third kappa shape index (κ3) is 4.11. The van der Waals surface area contributed by atoms with Gasteiger partial charge in [0.1, 0.15) is 12.1 Å². The minimum Gasteiger partial charge on any atom is -0.480 e. The van der Waals surface area contributed by atoms with Gasteiger partial charge < -0.3 is 20.6 Å². The molecule has 0 bridgehead atoms. The van der Waals surface area contributed by atoms with E-state index in [2.05, 4.69) is 10.6 Å². The van der Waals surface area contributed by atoms with Gasteiger partial charge in [-0.1, -0.05) is 13.8 Å². The van der Waals surface area contributed by atoms with Crippen molar-refractivity contribution in [1.82, 2.24) is 15.5 Å². The monoisotopic (exact) mass is 271 g/mol. The van der Waals surface area contributed by atoms with Crippen molar-refractivity contribution >= 4 is 17.9 Å². The van der Waals surface area contributed by atoms with Gasteiger partial charge in [0.2, 0.25) is 5.91 Å². The van der Waals surface area contributed by atoms with Crippen molar-refractivity contribution < 1.29 is 19.5 Å². The Balaban J connectivity index is 2.65. The number of rotatable bonds is 4. The number of hydrogen-bond acceptors (Lipinski definition) is 3. The molecule has 1 rings (SSSR count). The minimum absolute atomic E-state index is 0.156. The molecule has 1 saturated heterocycles. The van der Waals surface area contributed by atoms with Gasteiger partial charge in [-0.3, -0.25) is 4.79 Å². The van der Waals surface area contributed by atoms with E-state index in [0.29, 0.717) is 19.5 Å². The average Bonchev–Trinajstić information content (AvgIpc) is 2.31. The summed E-state index contributed by atoms with van der Waals surface area (Å²) in [6.07, 6.45) is 0.357. The van der Waals surface area contributed by atoms with Crippen LogP contribution in [-0.2, 0) is 9.59 Å². The Morgan fingerprint density at radius 3 is 2.68 bits per heavy atom. The number of carbonyl (C=O) groups is 3. The van der Waals surface area contributed by atoms with E-state index in [-0.39, 0.29) is 11.8 Å². The highest BCUT2D eigenvalue weighted by atomic mass is 16.4. The fourth-order valence-electron chi connectivity index (χ4n) is 1.98. The smallest absolute Gasteiger partial charge is 0.326 e. The number of piperazine rings is 1. The number of amides is 3. The van der Waals surface area contributed by atoms with Gasteiger partial charge in [-0.25, -0.2) is 9.59 Å². The van der Waals surface area contributed by atoms with E-state index < -0.39 is 24.1 Å². The van der Waals surface area contributed by atoms with Gasteiger partial charge in [0.15, 0.2) is 0 Å². The number of carbonyl (C=O) groups excluding carboxylic acids is 2. The van der Waals surface area contributed by atoms with Crippen molar-refractivity contribution in [3.8, 4) is 0 Å². The molecule has 0 spiro atoms. The molecule has 0 radical (unpaired) electrons. The molecule has 1 aliphatic heterocycles. The summed E-state index contributed by atoms with van der Waals surface area (Å²) in [5.74, 6) is -1.13. The average molecular weight is 271 g/mol. The second kappa shape index (κ2) is 6.40. The van der Waals surface area contributed by atoms with Crippen LogP contribution in [0.5, 0.6) is 0 Å². The second-order valence-corrected chi connectivity index (χ2v) is 5.13. The summed E-state index contributed by atoms with van der Waals surface area (Å²) in [6.45, 7) is 6.16. The first-order valence-electron chi connectivity index (χ1n) is 6.40. The summed E-state index contributed by atoms with van der Waals surface area (Å²) in [5, 5.41) is 14.2. The number of carboxylic acids is 1. The predicted molar refractivity (Wildman–Crippen MR) is 68.6 cm³/mol. The van der Waals surface area contributed by atoms with E-state index in [0.717, 1.165) is 0 Å². The van der Waals surface area contributed by atoms with Crippen molar-refractivity contribution in [2.45, 2.75) is 39.3 Å². The molecule has 0 aromatic carbocycles. The molecular weight excluding hydrogens is 250 g/mol. The van der Waals surface area contributed by atoms with Crippen molar-refractivity contribution in [2.75, 3.05) is 13.1 Å². The number of carboxylic acid groups (broad SMARTS) is 1. The molecule has 1 aliphatic rings. The first-order valence-corrected chi connectivity index (χ1v) is 6.40. The third-order valence-electron chi connectivity index (χ3n) is 3.06. The molecule has 19 heavy (non-hydrogen) atoms. The minimum atomic E-state index is -1.06. The summed E-state index contributed by atoms with van der Waals surface area (Å²) in [7, 11) is 0. The van der Waals surface area contributed by atoms with Crippen LogP contribution in [0.25, 0.3) is 0 Å². The lowest BCUT2D eigenvalue weighted by molar-refractivity contribution is -0.139. The highest BCUT2D eigenvalue weighted by Gasteiger charge is 2.31. The lowest BCUT2D eigenvalue weighted by Gasteiger charge is -2.33. The normalized spacial score (nSPS) is 20.9. The standard InChI is InChI=1S/C12H21N3O4/c1-7(2)6-9(11(17)18)14-12(19)15-5-4-13-10(16)8(15)3/h7-9H,4-6H2,1-3H3,(H,13,16)(H,14,19)(H,17,18)/t8?,9-/m1/s1. The quantitative estimate of drug-likeness (QED) is 0.671. The molecule has 0 saturated carbocycles. The zero-order chi connectivity index (χ0) is 14.6. The molecule has 108 valence electrons. The van der Waals surface area contributed by atoms with Gasteiger partial charge >= 0.3 is 12.0 Å². The fourth-order valence-corrected chi connectivity index (χ4v) is 1.98. The summed E-state index contributed by atoms with van der Waals surface area (Å²) in [5.41, 5.74) is 0. The molecule has 7 heteroatoms. The van der Waals surface area contributed by atoms with Crippen LogP contribution in [0.15, 0.2) is 0 Å². The SMILES string of the molecule is CC(C)C[C@@H](NC(=O)N1CCNC(=O)C1C)C(=O)O. The number of hydrogen-bond donors (Lipinski definition) is 3. The van der Waals surface area contributed by atoms with Gasteiger partial charge in [0.25, 0.3) is 0 Å². The lowest BCUT2D eigenvalue weighted by atomic mass is 10.0. The van der Waals surface area contributed by atoms with Crippen LogP contribution < -0.4 is 10.6 Å². The largest absolute Gasteiger partial charge is 0.480 e. The van der Waals surface area contributed by atoms with Gasteiger partial charge in [0, 0.05) is 13.1 Å². The summed E-state index contributed by atoms with van der Waals surface area (Å²) >= 11 is 0. The molecule has 0 aromatic heterocycles. The van der Waals surface area contributed by atoms with Crippen LogP contribution in [0.2, 0.25) is 0 Å². The topological polar surface area (TPSA) is 98.7 Å². The van der Waals surface area contributed by atoms with Crippen LogP contribution in [0.1, 0.15) is 27.2 Å². The lowest BCUT2D eigenvalue weighted by Crippen LogP contribution is -2.60. The summed E-state index contributed by atoms with van der Waals surface area (Å²) < 4.78 is 0. The van der Waals surface area contributed by atoms with Crippen LogP contribution in [0.3, 0.4) is 0 Å². The van der Waals surface area contributed by atoms with E-state index >= 15 is 0 Å². The number of nitrogens with one attached hydrogen (secondary N) is 2. The van der Waals surface area contributed by atoms with E-state index in [9.17, 15) is 14.4 Å². The van der Waals surface area contributed by atoms with Crippen LogP contribution in [0, 0.1) is 5.92 Å². The number of urea groups is 1. The zero-order valence-corrected chi connectivity index (χ0v) is 11.5. The second-order valence-electron chi connectivity index (χ2n) is 5.13. The highest BCUT2D eigenvalue weighted by molar-refractivity contribution is 5.89. The van der Waals surface area contributed by atoms with Crippen molar-refractivity contribution in [1.29, 1.82) is 0 Å². The molecular formula is C12H21N3O4. The molecule has 2 atom stereocenters. The van der Waals surface area contributed by atoms with E-state index in [1.807, 2.05) is 13.8 Å². The Kier molecular flexibility index (Phi) is 5.14. The zero-order valence-electron chi connectivity index (χ0n) is 11.5. The molecule has 3 amide bonds. The first-order chi connectivity index (χ1) is 8.82. The molecule has 1 fully saturated rings. The van der Waals surface area contributed by atoms with E-state index in [1.165, 1.54) is 4.90 Å². The van der Waals surface area contributed by atoms with Gasteiger partial charge in [0.05, 0.1) is 0 Å². The summed E-state index contributed by atoms with van der Waals surface area (Å²) in [4.78, 5) is 35.9. The Bertz CT molecular complexity index is 370. The molecule has 3 N–H and O–H groups in total. The van der Waals surface area contributed by atoms with E-state index in [1.54, 1.807) is 6.92 Å². The van der Waals surface area contributed by atoms with Crippen molar-refractivity contribution in [3.05, 3.63) is 0 Å². The first kappa shape index (κ1) is 15.3. The number of aliphatic carboxylic acids is 1. The van der Waals surface area contributed by atoms with E-state index in [4.69, 9.17) is 5.11 Å². The molecule has 1 heterocycles. The van der Waals surface area contributed by atoms with Crippen LogP contribution in [-0.4, -0.2) is 53.1 Å². The maximum atomic E-state index is 12.0. The Morgan fingerprint density at radius 2 is 2.16 bits per heavy atom. The Hall–Kier alpha value is -1.79. The maximum absolute atomic E-state index is 12.0. The summed E-state index contributed by atoms with van der Waals surface area (Å²) in [6, 6.07) is -2.01. The maximum Gasteiger partial charge on any atom is 0.326 e. The van der Waals surface area contributed by atoms with Crippen molar-refractivity contribution in [2.24, 2.45) is 5.92 Å². The van der Waals surface area contributed by atoms with Gasteiger partial charge in [-0.15, -0.1) is 0 Å². The van der Waals surface area contributed by atoms with Crippen molar-refractivity contribution in [3.63, 3.8) is 0 Å². The Labute approximate surface area is 112 Å². The van der Waals surface area contributed by atoms with Crippen LogP contribution >= 0.6 is 0 Å². The highest BCUT2D eigenvalue weighted by Crippen LogP contribution is 2.08.